The number of aromatic nitrogens is 1. The van der Waals surface area contributed by atoms with E-state index >= 15 is 0 Å². The van der Waals surface area contributed by atoms with Gasteiger partial charge >= 0.3 is 0 Å². The van der Waals surface area contributed by atoms with Crippen LogP contribution in [0, 0.1) is 5.92 Å². The molecule has 100 valence electrons. The molecule has 1 aromatic rings. The number of rotatable bonds is 6. The Labute approximate surface area is 109 Å². The van der Waals surface area contributed by atoms with Gasteiger partial charge in [-0.2, -0.15) is 0 Å². The molecule has 1 fully saturated rings. The van der Waals surface area contributed by atoms with Crippen LogP contribution < -0.4 is 5.32 Å². The van der Waals surface area contributed by atoms with Gasteiger partial charge in [0.1, 0.15) is 0 Å². The van der Waals surface area contributed by atoms with Crippen LogP contribution in [0.5, 0.6) is 0 Å². The van der Waals surface area contributed by atoms with E-state index in [9.17, 15) is 0 Å². The normalized spacial score (nSPS) is 16.7. The minimum atomic E-state index is 0.594. The Bertz CT molecular complexity index is 351. The van der Waals surface area contributed by atoms with Gasteiger partial charge in [0.15, 0.2) is 0 Å². The van der Waals surface area contributed by atoms with Crippen molar-refractivity contribution in [3.8, 4) is 0 Å². The van der Waals surface area contributed by atoms with E-state index in [-0.39, 0.29) is 0 Å². The molecule has 0 unspecified atom stereocenters. The van der Waals surface area contributed by atoms with Crippen LogP contribution >= 0.6 is 0 Å². The summed E-state index contributed by atoms with van der Waals surface area (Å²) in [5.74, 6) is 0.649. The molecule has 1 N–H and O–H groups in total. The molecule has 0 spiro atoms. The average Bonchev–Trinajstić information content (AvgIpc) is 2.41. The smallest absolute Gasteiger partial charge is 0.0888 e. The lowest BCUT2D eigenvalue weighted by Gasteiger charge is -2.21. The fraction of sp³-hybridized carbons (Fsp3) is 0.643. The van der Waals surface area contributed by atoms with Gasteiger partial charge in [0.2, 0.25) is 0 Å². The summed E-state index contributed by atoms with van der Waals surface area (Å²) in [6.45, 7) is 6.17. The maximum absolute atomic E-state index is 5.75. The van der Waals surface area contributed by atoms with Crippen molar-refractivity contribution in [2.24, 2.45) is 5.92 Å². The highest BCUT2D eigenvalue weighted by atomic mass is 16.5. The zero-order valence-electron chi connectivity index (χ0n) is 11.0. The molecule has 4 nitrogen and oxygen atoms in total. The van der Waals surface area contributed by atoms with Crippen molar-refractivity contribution < 1.29 is 9.47 Å². The molecule has 4 heteroatoms. The van der Waals surface area contributed by atoms with Crippen LogP contribution in [0.15, 0.2) is 18.3 Å². The first-order chi connectivity index (χ1) is 8.88. The largest absolute Gasteiger partial charge is 0.385 e. The maximum atomic E-state index is 5.75. The van der Waals surface area contributed by atoms with Gasteiger partial charge in [-0.15, -0.1) is 0 Å². The summed E-state index contributed by atoms with van der Waals surface area (Å²) < 4.78 is 11.1. The number of anilines is 1. The zero-order chi connectivity index (χ0) is 12.6. The maximum Gasteiger partial charge on any atom is 0.0888 e. The zero-order valence-corrected chi connectivity index (χ0v) is 11.0. The summed E-state index contributed by atoms with van der Waals surface area (Å²) in [6, 6.07) is 4.03. The van der Waals surface area contributed by atoms with Gasteiger partial charge in [0, 0.05) is 31.6 Å². The SMILES string of the molecule is CCNc1ccnc(COCC2CCOCC2)c1. The lowest BCUT2D eigenvalue weighted by Crippen LogP contribution is -2.20. The van der Waals surface area contributed by atoms with E-state index in [0.717, 1.165) is 50.6 Å². The molecular formula is C14H22N2O2. The van der Waals surface area contributed by atoms with Crippen molar-refractivity contribution in [1.82, 2.24) is 4.98 Å². The molecule has 0 aromatic carbocycles. The molecule has 0 saturated carbocycles. The van der Waals surface area contributed by atoms with Crippen LogP contribution in [-0.2, 0) is 16.1 Å². The second-order valence-electron chi connectivity index (χ2n) is 4.64. The molecule has 1 aromatic heterocycles. The van der Waals surface area contributed by atoms with E-state index in [1.54, 1.807) is 0 Å². The second-order valence-corrected chi connectivity index (χ2v) is 4.64. The molecular weight excluding hydrogens is 228 g/mol. The fourth-order valence-electron chi connectivity index (χ4n) is 2.11. The molecule has 0 radical (unpaired) electrons. The Morgan fingerprint density at radius 1 is 1.44 bits per heavy atom. The summed E-state index contributed by atoms with van der Waals surface area (Å²) in [5, 5.41) is 3.28. The Hall–Kier alpha value is -1.13. The predicted octanol–water partition coefficient (Wildman–Crippen LogP) is 2.46. The topological polar surface area (TPSA) is 43.4 Å². The molecule has 1 aliphatic rings. The van der Waals surface area contributed by atoms with E-state index in [4.69, 9.17) is 9.47 Å². The summed E-state index contributed by atoms with van der Waals surface area (Å²) in [6.07, 6.45) is 4.06. The van der Waals surface area contributed by atoms with Crippen LogP contribution in [0.1, 0.15) is 25.5 Å². The Kier molecular flexibility index (Phi) is 5.42. The minimum Gasteiger partial charge on any atom is -0.385 e. The van der Waals surface area contributed by atoms with Crippen molar-refractivity contribution in [2.45, 2.75) is 26.4 Å². The first-order valence-corrected chi connectivity index (χ1v) is 6.72. The number of hydrogen-bond acceptors (Lipinski definition) is 4. The van der Waals surface area contributed by atoms with Crippen LogP contribution in [0.25, 0.3) is 0 Å². The van der Waals surface area contributed by atoms with Crippen LogP contribution in [0.4, 0.5) is 5.69 Å². The Morgan fingerprint density at radius 2 is 2.28 bits per heavy atom. The van der Waals surface area contributed by atoms with E-state index in [2.05, 4.69) is 17.2 Å². The lowest BCUT2D eigenvalue weighted by molar-refractivity contribution is 0.0150. The summed E-state index contributed by atoms with van der Waals surface area (Å²) in [7, 11) is 0. The van der Waals surface area contributed by atoms with Gasteiger partial charge in [0.05, 0.1) is 18.9 Å². The molecule has 1 aliphatic heterocycles. The Morgan fingerprint density at radius 3 is 3.06 bits per heavy atom. The van der Waals surface area contributed by atoms with E-state index in [1.165, 1.54) is 0 Å². The quantitative estimate of drug-likeness (QED) is 0.842. The van der Waals surface area contributed by atoms with Crippen molar-refractivity contribution in [3.05, 3.63) is 24.0 Å². The van der Waals surface area contributed by atoms with Gasteiger partial charge in [-0.05, 0) is 37.8 Å². The second kappa shape index (κ2) is 7.34. The standard InChI is InChI=1S/C14H22N2O2/c1-2-15-13-3-6-16-14(9-13)11-18-10-12-4-7-17-8-5-12/h3,6,9,12H,2,4-5,7-8,10-11H2,1H3,(H,15,16). The number of hydrogen-bond donors (Lipinski definition) is 1. The van der Waals surface area contributed by atoms with Gasteiger partial charge < -0.3 is 14.8 Å². The third-order valence-corrected chi connectivity index (χ3v) is 3.14. The third kappa shape index (κ3) is 4.27. The number of nitrogens with zero attached hydrogens (tertiary/aromatic N) is 1. The van der Waals surface area contributed by atoms with Crippen LogP contribution in [0.3, 0.4) is 0 Å². The highest BCUT2D eigenvalue weighted by molar-refractivity contribution is 5.42. The van der Waals surface area contributed by atoms with Crippen molar-refractivity contribution in [1.29, 1.82) is 0 Å². The van der Waals surface area contributed by atoms with Crippen molar-refractivity contribution in [2.75, 3.05) is 31.7 Å². The molecule has 0 aliphatic carbocycles. The molecule has 18 heavy (non-hydrogen) atoms. The molecule has 2 heterocycles. The third-order valence-electron chi connectivity index (χ3n) is 3.14. The molecule has 2 rings (SSSR count). The monoisotopic (exact) mass is 250 g/mol. The fourth-order valence-corrected chi connectivity index (χ4v) is 2.11. The number of nitrogens with one attached hydrogen (secondary N) is 1. The summed E-state index contributed by atoms with van der Waals surface area (Å²) in [5.41, 5.74) is 2.10. The van der Waals surface area contributed by atoms with E-state index < -0.39 is 0 Å². The average molecular weight is 250 g/mol. The lowest BCUT2D eigenvalue weighted by atomic mass is 10.0. The number of pyridine rings is 1. The predicted molar refractivity (Wildman–Crippen MR) is 71.6 cm³/mol. The summed E-state index contributed by atoms with van der Waals surface area (Å²) in [4.78, 5) is 4.31. The van der Waals surface area contributed by atoms with Gasteiger partial charge in [-0.3, -0.25) is 4.98 Å². The van der Waals surface area contributed by atoms with Crippen molar-refractivity contribution >= 4 is 5.69 Å². The van der Waals surface area contributed by atoms with E-state index in [0.29, 0.717) is 12.5 Å². The van der Waals surface area contributed by atoms with Crippen molar-refractivity contribution in [3.63, 3.8) is 0 Å². The first-order valence-electron chi connectivity index (χ1n) is 6.72. The van der Waals surface area contributed by atoms with Crippen LogP contribution in [0.2, 0.25) is 0 Å². The van der Waals surface area contributed by atoms with Gasteiger partial charge in [0.25, 0.3) is 0 Å². The first kappa shape index (κ1) is 13.3. The Balaban J connectivity index is 1.73. The molecule has 0 amide bonds. The highest BCUT2D eigenvalue weighted by Gasteiger charge is 2.13. The van der Waals surface area contributed by atoms with Crippen LogP contribution in [-0.4, -0.2) is 31.3 Å². The number of ether oxygens (including phenoxy) is 2. The minimum absolute atomic E-state index is 0.594. The van der Waals surface area contributed by atoms with Gasteiger partial charge in [-0.1, -0.05) is 0 Å². The molecule has 0 bridgehead atoms. The van der Waals surface area contributed by atoms with E-state index in [1.807, 2.05) is 18.3 Å². The highest BCUT2D eigenvalue weighted by Crippen LogP contribution is 2.15. The molecule has 1 saturated heterocycles. The molecule has 0 atom stereocenters. The van der Waals surface area contributed by atoms with Gasteiger partial charge in [-0.25, -0.2) is 0 Å². The summed E-state index contributed by atoms with van der Waals surface area (Å²) >= 11 is 0.